The van der Waals surface area contributed by atoms with Gasteiger partial charge < -0.3 is 24.8 Å². The summed E-state index contributed by atoms with van der Waals surface area (Å²) in [5.74, 6) is -0.335. The first kappa shape index (κ1) is 21.7. The van der Waals surface area contributed by atoms with E-state index in [4.69, 9.17) is 9.47 Å². The van der Waals surface area contributed by atoms with Crippen LogP contribution in [0.5, 0.6) is 5.75 Å². The topological polar surface area (TPSA) is 103 Å². The van der Waals surface area contributed by atoms with Crippen LogP contribution < -0.4 is 15.4 Å². The van der Waals surface area contributed by atoms with Gasteiger partial charge >= 0.3 is 12.1 Å². The molecule has 0 spiro atoms. The lowest BCUT2D eigenvalue weighted by Gasteiger charge is -2.18. The average molecular weight is 400 g/mol. The van der Waals surface area contributed by atoms with E-state index in [1.165, 1.54) is 14.2 Å². The molecule has 2 rings (SSSR count). The van der Waals surface area contributed by atoms with E-state index < -0.39 is 18.1 Å². The number of amides is 2. The Balaban J connectivity index is 1.91. The van der Waals surface area contributed by atoms with Gasteiger partial charge in [-0.25, -0.2) is 4.79 Å². The van der Waals surface area contributed by atoms with E-state index >= 15 is 0 Å². The van der Waals surface area contributed by atoms with Crippen molar-refractivity contribution in [3.63, 3.8) is 0 Å². The molecule has 2 aromatic rings. The molecule has 2 N–H and O–H groups in total. The zero-order valence-electron chi connectivity index (χ0n) is 16.3. The van der Waals surface area contributed by atoms with E-state index in [0.29, 0.717) is 11.3 Å². The van der Waals surface area contributed by atoms with Gasteiger partial charge in [0.25, 0.3) is 5.91 Å². The van der Waals surface area contributed by atoms with Gasteiger partial charge in [0, 0.05) is 12.1 Å². The molecule has 0 aliphatic heterocycles. The van der Waals surface area contributed by atoms with Crippen LogP contribution in [-0.4, -0.2) is 44.8 Å². The lowest BCUT2D eigenvalue weighted by atomic mass is 10.1. The second-order valence-corrected chi connectivity index (χ2v) is 6.13. The van der Waals surface area contributed by atoms with E-state index in [0.717, 1.165) is 5.56 Å². The Morgan fingerprint density at radius 1 is 1.00 bits per heavy atom. The lowest BCUT2D eigenvalue weighted by Crippen LogP contribution is -2.45. The third kappa shape index (κ3) is 7.53. The van der Waals surface area contributed by atoms with E-state index in [1.54, 1.807) is 24.3 Å². The highest BCUT2D eigenvalue weighted by atomic mass is 16.5. The number of nitrogens with one attached hydrogen (secondary N) is 2. The number of hydrogen-bond acceptors (Lipinski definition) is 6. The molecule has 0 aromatic heterocycles. The van der Waals surface area contributed by atoms with Crippen molar-refractivity contribution in [2.24, 2.45) is 0 Å². The molecule has 0 heterocycles. The molecule has 0 unspecified atom stereocenters. The van der Waals surface area contributed by atoms with Crippen LogP contribution in [0.25, 0.3) is 0 Å². The first-order valence-corrected chi connectivity index (χ1v) is 8.98. The highest BCUT2D eigenvalue weighted by Gasteiger charge is 2.19. The van der Waals surface area contributed by atoms with Gasteiger partial charge in [-0.1, -0.05) is 36.4 Å². The summed E-state index contributed by atoms with van der Waals surface area (Å²) in [6.45, 7) is 0.110. The van der Waals surface area contributed by atoms with Gasteiger partial charge in [-0.2, -0.15) is 0 Å². The van der Waals surface area contributed by atoms with Crippen LogP contribution >= 0.6 is 0 Å². The smallest absolute Gasteiger partial charge is 0.407 e. The summed E-state index contributed by atoms with van der Waals surface area (Å²) in [5.41, 5.74) is 1.23. The Morgan fingerprint density at radius 2 is 1.76 bits per heavy atom. The molecule has 0 aliphatic rings. The minimum atomic E-state index is -0.696. The van der Waals surface area contributed by atoms with Gasteiger partial charge in [0.05, 0.1) is 26.7 Å². The van der Waals surface area contributed by atoms with Crippen molar-refractivity contribution in [3.8, 4) is 5.75 Å². The fourth-order valence-electron chi connectivity index (χ4n) is 2.47. The summed E-state index contributed by atoms with van der Waals surface area (Å²) in [6.07, 6.45) is -0.812. The molecular formula is C21H24N2O6. The number of carbonyl (C=O) groups excluding carboxylic acids is 3. The summed E-state index contributed by atoms with van der Waals surface area (Å²) in [7, 11) is 2.76. The predicted molar refractivity (Wildman–Crippen MR) is 106 cm³/mol. The normalized spacial score (nSPS) is 11.1. The minimum Gasteiger partial charge on any atom is -0.497 e. The van der Waals surface area contributed by atoms with Crippen LogP contribution in [0.2, 0.25) is 0 Å². The van der Waals surface area contributed by atoms with Crippen LogP contribution in [0.3, 0.4) is 0 Å². The van der Waals surface area contributed by atoms with Crippen molar-refractivity contribution in [2.45, 2.75) is 19.1 Å². The molecule has 1 atom stereocenters. The van der Waals surface area contributed by atoms with Crippen molar-refractivity contribution in [2.75, 3.05) is 20.8 Å². The van der Waals surface area contributed by atoms with Crippen molar-refractivity contribution >= 4 is 18.0 Å². The monoisotopic (exact) mass is 400 g/mol. The maximum atomic E-state index is 12.3. The summed E-state index contributed by atoms with van der Waals surface area (Å²) in [6, 6.07) is 15.1. The van der Waals surface area contributed by atoms with Gasteiger partial charge in [0.15, 0.2) is 0 Å². The number of esters is 1. The van der Waals surface area contributed by atoms with Gasteiger partial charge in [0.2, 0.25) is 0 Å². The van der Waals surface area contributed by atoms with E-state index in [1.807, 2.05) is 30.3 Å². The fourth-order valence-corrected chi connectivity index (χ4v) is 2.47. The number of methoxy groups -OCH3 is 2. The zero-order chi connectivity index (χ0) is 21.1. The molecule has 0 saturated carbocycles. The van der Waals surface area contributed by atoms with Gasteiger partial charge in [-0.05, 0) is 23.8 Å². The number of ether oxygens (including phenoxy) is 3. The number of alkyl carbamates (subject to hydrolysis) is 1. The van der Waals surface area contributed by atoms with Gasteiger partial charge in [0.1, 0.15) is 12.4 Å². The van der Waals surface area contributed by atoms with Crippen LogP contribution in [0.15, 0.2) is 54.6 Å². The van der Waals surface area contributed by atoms with E-state index in [-0.39, 0.29) is 25.5 Å². The zero-order valence-corrected chi connectivity index (χ0v) is 16.3. The third-order valence-corrected chi connectivity index (χ3v) is 4.02. The van der Waals surface area contributed by atoms with Gasteiger partial charge in [-0.15, -0.1) is 0 Å². The third-order valence-electron chi connectivity index (χ3n) is 4.02. The minimum absolute atomic E-state index is 0.0194. The average Bonchev–Trinajstić information content (AvgIpc) is 2.76. The Hall–Kier alpha value is -3.55. The van der Waals surface area contributed by atoms with E-state index in [2.05, 4.69) is 15.4 Å². The highest BCUT2D eigenvalue weighted by Crippen LogP contribution is 2.12. The summed E-state index contributed by atoms with van der Waals surface area (Å²) in [4.78, 5) is 36.1. The second kappa shape index (κ2) is 11.3. The van der Waals surface area contributed by atoms with Crippen LogP contribution in [0.1, 0.15) is 22.3 Å². The molecule has 2 aromatic carbocycles. The van der Waals surface area contributed by atoms with Gasteiger partial charge in [-0.3, -0.25) is 9.59 Å². The Morgan fingerprint density at radius 3 is 2.45 bits per heavy atom. The van der Waals surface area contributed by atoms with Crippen molar-refractivity contribution in [1.29, 1.82) is 0 Å². The molecule has 29 heavy (non-hydrogen) atoms. The van der Waals surface area contributed by atoms with Crippen molar-refractivity contribution in [3.05, 3.63) is 65.7 Å². The number of carbonyl (C=O) groups is 3. The maximum Gasteiger partial charge on any atom is 0.407 e. The molecule has 0 bridgehead atoms. The molecular weight excluding hydrogens is 376 g/mol. The summed E-state index contributed by atoms with van der Waals surface area (Å²) >= 11 is 0. The second-order valence-electron chi connectivity index (χ2n) is 6.13. The Labute approximate surface area is 169 Å². The van der Waals surface area contributed by atoms with Crippen molar-refractivity contribution in [1.82, 2.24) is 10.6 Å². The fraction of sp³-hybridized carbons (Fsp3) is 0.286. The number of hydrogen-bond donors (Lipinski definition) is 2. The largest absolute Gasteiger partial charge is 0.497 e. The standard InChI is InChI=1S/C21H24N2O6/c1-27-18-10-6-9-16(11-18)20(25)22-13-17(12-19(24)28-2)23-21(26)29-14-15-7-4-3-5-8-15/h3-11,17H,12-14H2,1-2H3,(H,22,25)(H,23,26)/t17-/m1/s1. The number of benzene rings is 2. The SMILES string of the molecule is COC(=O)C[C@H](CNC(=O)c1cccc(OC)c1)NC(=O)OCc1ccccc1. The van der Waals surface area contributed by atoms with E-state index in [9.17, 15) is 14.4 Å². The molecule has 0 fully saturated rings. The Bertz CT molecular complexity index is 825. The van der Waals surface area contributed by atoms with Crippen LogP contribution in [-0.2, 0) is 20.9 Å². The Kier molecular flexibility index (Phi) is 8.50. The molecule has 8 nitrogen and oxygen atoms in total. The summed E-state index contributed by atoms with van der Waals surface area (Å²) < 4.78 is 14.9. The molecule has 2 amide bonds. The molecule has 0 saturated heterocycles. The molecule has 154 valence electrons. The lowest BCUT2D eigenvalue weighted by molar-refractivity contribution is -0.141. The highest BCUT2D eigenvalue weighted by molar-refractivity contribution is 5.94. The quantitative estimate of drug-likeness (QED) is 0.626. The maximum absolute atomic E-state index is 12.3. The molecule has 8 heteroatoms. The van der Waals surface area contributed by atoms with Crippen LogP contribution in [0.4, 0.5) is 4.79 Å². The number of rotatable bonds is 9. The summed E-state index contributed by atoms with van der Waals surface area (Å²) in [5, 5.41) is 5.27. The first-order chi connectivity index (χ1) is 14.0. The van der Waals surface area contributed by atoms with Crippen LogP contribution in [0, 0.1) is 0 Å². The van der Waals surface area contributed by atoms with Crippen molar-refractivity contribution < 1.29 is 28.6 Å². The first-order valence-electron chi connectivity index (χ1n) is 8.98. The predicted octanol–water partition coefficient (Wildman–Crippen LogP) is 2.28. The molecule has 0 aliphatic carbocycles. The molecule has 0 radical (unpaired) electrons.